The number of aromatic nitrogens is 5. The van der Waals surface area contributed by atoms with Crippen LogP contribution in [0.4, 0.5) is 0 Å². The molecule has 0 amide bonds. The second-order valence-corrected chi connectivity index (χ2v) is 36.4. The third-order valence-electron chi connectivity index (χ3n) is 22.7. The van der Waals surface area contributed by atoms with E-state index in [9.17, 15) is 26.3 Å². The lowest BCUT2D eigenvalue weighted by atomic mass is 9.77. The van der Waals surface area contributed by atoms with Crippen molar-refractivity contribution in [1.29, 1.82) is 26.3 Å². The van der Waals surface area contributed by atoms with E-state index in [0.717, 1.165) is 151 Å². The molecule has 0 radical (unpaired) electrons. The summed E-state index contributed by atoms with van der Waals surface area (Å²) in [6.07, 6.45) is 31.9. The molecule has 0 aliphatic heterocycles. The van der Waals surface area contributed by atoms with Crippen molar-refractivity contribution in [3.63, 3.8) is 0 Å². The van der Waals surface area contributed by atoms with Crippen LogP contribution < -0.4 is 0 Å². The number of pyridine rings is 5. The van der Waals surface area contributed by atoms with Gasteiger partial charge in [-0.1, -0.05) is 193 Å². The first-order chi connectivity index (χ1) is 58.4. The Morgan fingerprint density at radius 3 is 0.874 bits per heavy atom. The number of hydrogen-bond acceptors (Lipinski definition) is 15. The highest BCUT2D eigenvalue weighted by Crippen LogP contribution is 2.53. The molecule has 10 aromatic carbocycles. The molecule has 0 saturated heterocycles. The number of nitrogens with zero attached hydrogens (tertiary/aromatic N) is 10. The molecule has 588 valence electrons. The predicted molar refractivity (Wildman–Crippen MR) is 499 cm³/mol. The molecule has 0 atom stereocenters. The smallest absolute Gasteiger partial charge is 0.0998 e. The molecular weight excluding hydrogens is 1550 g/mol. The molecule has 0 N–H and O–H groups in total. The van der Waals surface area contributed by atoms with Gasteiger partial charge in [-0.15, -0.1) is 58.8 Å². The van der Waals surface area contributed by atoms with Gasteiger partial charge in [0.05, 0.1) is 58.2 Å². The second kappa shape index (κ2) is 40.3. The molecule has 119 heavy (non-hydrogen) atoms. The molecule has 3 aliphatic carbocycles. The van der Waals surface area contributed by atoms with Crippen molar-refractivity contribution in [3.8, 4) is 86.0 Å². The van der Waals surface area contributed by atoms with E-state index in [1.807, 2.05) is 254 Å². The Bertz CT molecular complexity index is 6370. The molecule has 0 bridgehead atoms. The third kappa shape index (κ3) is 20.1. The number of hydrogen-bond donors (Lipinski definition) is 0. The van der Waals surface area contributed by atoms with Crippen LogP contribution in [0.2, 0.25) is 0 Å². The van der Waals surface area contributed by atoms with E-state index in [0.29, 0.717) is 22.0 Å². The number of benzene rings is 10. The van der Waals surface area contributed by atoms with Crippen LogP contribution in [0.15, 0.2) is 299 Å². The highest BCUT2D eigenvalue weighted by Gasteiger charge is 2.41. The fourth-order valence-corrected chi connectivity index (χ4v) is 21.2. The van der Waals surface area contributed by atoms with Gasteiger partial charge in [0.1, 0.15) is 0 Å². The molecule has 10 nitrogen and oxygen atoms in total. The Kier molecular flexibility index (Phi) is 28.4. The van der Waals surface area contributed by atoms with Crippen molar-refractivity contribution in [1.82, 2.24) is 24.9 Å². The molecular formula is C104H92N10S5. The molecule has 3 saturated carbocycles. The zero-order valence-electron chi connectivity index (χ0n) is 67.8. The summed E-state index contributed by atoms with van der Waals surface area (Å²) in [6.45, 7) is 11.4. The fraction of sp³-hybridized carbons (Fsp3) is 0.231. The van der Waals surface area contributed by atoms with E-state index < -0.39 is 0 Å². The van der Waals surface area contributed by atoms with E-state index in [4.69, 9.17) is 0 Å². The van der Waals surface area contributed by atoms with Crippen molar-refractivity contribution in [2.75, 3.05) is 28.8 Å². The fourth-order valence-electron chi connectivity index (χ4n) is 15.3. The van der Waals surface area contributed by atoms with Crippen LogP contribution in [0.5, 0.6) is 0 Å². The largest absolute Gasteiger partial charge is 0.264 e. The van der Waals surface area contributed by atoms with E-state index in [-0.39, 0.29) is 0 Å². The topological polar surface area (TPSA) is 183 Å². The average Bonchev–Trinajstić information content (AvgIpc) is 1.78. The third-order valence-corrected chi connectivity index (χ3v) is 29.3. The van der Waals surface area contributed by atoms with Crippen LogP contribution in [-0.2, 0) is 0 Å². The number of fused-ring (bicyclic) bond motifs is 5. The summed E-state index contributed by atoms with van der Waals surface area (Å²) < 4.78 is 0. The maximum Gasteiger partial charge on any atom is 0.0998 e. The van der Waals surface area contributed by atoms with Gasteiger partial charge in [0.15, 0.2) is 0 Å². The van der Waals surface area contributed by atoms with Crippen LogP contribution in [0, 0.1) is 79.3 Å². The van der Waals surface area contributed by atoms with Crippen LogP contribution in [0.3, 0.4) is 0 Å². The summed E-state index contributed by atoms with van der Waals surface area (Å²) in [5, 5.41) is 57.4. The maximum absolute atomic E-state index is 9.39. The molecule has 18 rings (SSSR count). The van der Waals surface area contributed by atoms with Crippen molar-refractivity contribution in [2.45, 2.75) is 123 Å². The van der Waals surface area contributed by atoms with Crippen molar-refractivity contribution < 1.29 is 0 Å². The minimum atomic E-state index is 0.512. The van der Waals surface area contributed by atoms with Gasteiger partial charge >= 0.3 is 0 Å². The molecule has 0 spiro atoms. The van der Waals surface area contributed by atoms with Gasteiger partial charge in [0.2, 0.25) is 0 Å². The van der Waals surface area contributed by atoms with Crippen molar-refractivity contribution in [3.05, 3.63) is 302 Å². The molecule has 15 aromatic rings. The van der Waals surface area contributed by atoms with Gasteiger partial charge in [-0.2, -0.15) is 26.3 Å². The lowest BCUT2D eigenvalue weighted by Gasteiger charge is -2.32. The van der Waals surface area contributed by atoms with Crippen LogP contribution in [0.1, 0.15) is 127 Å². The SMILES string of the molecule is CC1(CSc2ccncc2-c2ccc(C#N)c3ccccc23)CC1.CC1CC(CSc2ccncc2-c2ccc(C#N)c3ccccc23)C1.CCC1(CSc2ccncc2-c2ccc(C#N)c3ccccc23)CC1.CCCCSc1ccncc1-c1ccc(C#N)c2ccccc12.CCCSc1ccncc1-c1ccc(C#N)c2ccccc12. The van der Waals surface area contributed by atoms with Crippen LogP contribution in [0.25, 0.3) is 109 Å². The minimum absolute atomic E-state index is 0.512. The predicted octanol–water partition coefficient (Wildman–Crippen LogP) is 28.6. The number of nitriles is 5. The summed E-state index contributed by atoms with van der Waals surface area (Å²) in [7, 11) is 0. The highest BCUT2D eigenvalue weighted by atomic mass is 32.2. The van der Waals surface area contributed by atoms with E-state index >= 15 is 0 Å². The normalized spacial score (nSPS) is 14.3. The minimum Gasteiger partial charge on any atom is -0.264 e. The Labute approximate surface area is 721 Å². The Morgan fingerprint density at radius 1 is 0.319 bits per heavy atom. The molecule has 3 fully saturated rings. The zero-order valence-corrected chi connectivity index (χ0v) is 71.8. The molecule has 3 aliphatic rings. The van der Waals surface area contributed by atoms with E-state index in [1.54, 1.807) is 0 Å². The average molecular weight is 1640 g/mol. The molecule has 0 unspecified atom stereocenters. The number of thioether (sulfide) groups is 5. The summed E-state index contributed by atoms with van der Waals surface area (Å²) in [5.41, 5.74) is 16.2. The first kappa shape index (κ1) is 83.9. The summed E-state index contributed by atoms with van der Waals surface area (Å²) in [5.74, 6) is 7.44. The Morgan fingerprint density at radius 2 is 0.605 bits per heavy atom. The van der Waals surface area contributed by atoms with Gasteiger partial charge in [0.25, 0.3) is 0 Å². The summed E-state index contributed by atoms with van der Waals surface area (Å²) in [4.78, 5) is 28.0. The molecule has 5 heterocycles. The van der Waals surface area contributed by atoms with E-state index in [1.165, 1.54) is 105 Å². The second-order valence-electron chi connectivity index (χ2n) is 31.0. The van der Waals surface area contributed by atoms with Gasteiger partial charge in [-0.05, 0) is 207 Å². The van der Waals surface area contributed by atoms with E-state index in [2.05, 4.69) is 169 Å². The van der Waals surface area contributed by atoms with Gasteiger partial charge in [-0.25, -0.2) is 0 Å². The van der Waals surface area contributed by atoms with Gasteiger partial charge in [-0.3, -0.25) is 24.9 Å². The van der Waals surface area contributed by atoms with Crippen molar-refractivity contribution >= 4 is 113 Å². The van der Waals surface area contributed by atoms with Crippen LogP contribution in [-0.4, -0.2) is 53.7 Å². The first-order valence-corrected chi connectivity index (χ1v) is 45.8. The standard InChI is InChI=1S/2C22H20N2S.C21H18N2S.C20H18N2S.C19H16N2S/c1-15-10-16(11-15)14-25-22-8-9-24-13-21(22)20-7-6-17(12-23)18-4-2-3-5-19(18)20;1-2-22(10-11-22)15-25-21-9-12-24-14-20(21)19-8-7-16(13-23)17-5-3-4-6-18(17)19;1-21(9-10-21)14-24-20-8-11-23-13-19(20)18-7-6-15(12-22)16-4-2-3-5-17(16)18;1-2-3-12-23-20-10-11-22-14-19(20)18-9-8-15(13-21)16-6-4-5-7-17(16)18;1-2-11-22-19-9-10-21-13-18(19)17-8-7-14(12-20)15-5-3-4-6-16(15)17/h2-9,13,15-16H,10-11,14H2,1H3;3-9,12,14H,2,10-11,15H2,1H3;2-8,11,13H,9-10,14H2,1H3;4-11,14H,2-3,12H2,1H3;3-10,13H,2,11H2,1H3. The maximum atomic E-state index is 9.39. The van der Waals surface area contributed by atoms with Crippen LogP contribution >= 0.6 is 58.8 Å². The highest BCUT2D eigenvalue weighted by molar-refractivity contribution is 8.00. The summed E-state index contributed by atoms with van der Waals surface area (Å²) in [6, 6.07) is 82.4. The van der Waals surface area contributed by atoms with Crippen molar-refractivity contribution in [2.24, 2.45) is 22.7 Å². The lowest BCUT2D eigenvalue weighted by molar-refractivity contribution is 0.238. The Hall–Kier alpha value is -11.6. The van der Waals surface area contributed by atoms with Gasteiger partial charge in [0, 0.05) is 158 Å². The first-order valence-electron chi connectivity index (χ1n) is 40.9. The molecule has 15 heteroatoms. The lowest BCUT2D eigenvalue weighted by Crippen LogP contribution is -2.22. The monoisotopic (exact) mass is 1640 g/mol. The molecule has 5 aromatic heterocycles. The summed E-state index contributed by atoms with van der Waals surface area (Å²) >= 11 is 9.55. The number of rotatable bonds is 22. The quantitative estimate of drug-likeness (QED) is 0.0461. The number of unbranched alkanes of at least 4 members (excludes halogenated alkanes) is 1. The van der Waals surface area contributed by atoms with Gasteiger partial charge < -0.3 is 0 Å². The Balaban J connectivity index is 0.000000122. The zero-order chi connectivity index (χ0) is 82.5.